The summed E-state index contributed by atoms with van der Waals surface area (Å²) in [4.78, 5) is 23.4. The molecule has 0 saturated heterocycles. The van der Waals surface area contributed by atoms with Gasteiger partial charge in [0.15, 0.2) is 0 Å². The molecule has 2 rings (SSSR count). The number of hydrogen-bond acceptors (Lipinski definition) is 4. The molecule has 118 valence electrons. The van der Waals surface area contributed by atoms with Crippen LogP contribution in [-0.2, 0) is 9.59 Å². The second kappa shape index (κ2) is 7.74. The molecule has 0 saturated carbocycles. The van der Waals surface area contributed by atoms with Gasteiger partial charge in [0, 0.05) is 5.69 Å². The minimum atomic E-state index is -0.842. The van der Waals surface area contributed by atoms with Crippen LogP contribution in [0.15, 0.2) is 53.6 Å². The normalized spacial score (nSPS) is 10.3. The van der Waals surface area contributed by atoms with E-state index in [-0.39, 0.29) is 0 Å². The van der Waals surface area contributed by atoms with Gasteiger partial charge in [-0.2, -0.15) is 5.10 Å². The standard InChI is InChI=1S/C17H17N3O3/c1-12-5-3-7-14(9-12)19-16(21)17(22)20-18-11-13-6-4-8-15(10-13)23-2/h3-11H,1-2H3,(H,19,21)(H,20,22). The lowest BCUT2D eigenvalue weighted by molar-refractivity contribution is -0.136. The summed E-state index contributed by atoms with van der Waals surface area (Å²) in [5.74, 6) is -0.943. The summed E-state index contributed by atoms with van der Waals surface area (Å²) in [7, 11) is 1.56. The Balaban J connectivity index is 1.90. The molecule has 2 N–H and O–H groups in total. The van der Waals surface area contributed by atoms with E-state index in [0.29, 0.717) is 11.4 Å². The quantitative estimate of drug-likeness (QED) is 0.515. The van der Waals surface area contributed by atoms with Crippen LogP contribution in [0.3, 0.4) is 0 Å². The molecule has 0 fully saturated rings. The zero-order valence-corrected chi connectivity index (χ0v) is 12.9. The van der Waals surface area contributed by atoms with Gasteiger partial charge in [-0.05, 0) is 42.3 Å². The van der Waals surface area contributed by atoms with E-state index >= 15 is 0 Å². The van der Waals surface area contributed by atoms with Gasteiger partial charge in [-0.15, -0.1) is 0 Å². The molecule has 0 heterocycles. The smallest absolute Gasteiger partial charge is 0.329 e. The Kier molecular flexibility index (Phi) is 5.46. The molecular formula is C17H17N3O3. The molecule has 6 heteroatoms. The number of nitrogens with one attached hydrogen (secondary N) is 2. The Hall–Kier alpha value is -3.15. The molecule has 23 heavy (non-hydrogen) atoms. The van der Waals surface area contributed by atoms with E-state index in [1.807, 2.05) is 13.0 Å². The number of ether oxygens (including phenoxy) is 1. The monoisotopic (exact) mass is 311 g/mol. The van der Waals surface area contributed by atoms with E-state index in [0.717, 1.165) is 11.1 Å². The molecule has 0 aliphatic carbocycles. The van der Waals surface area contributed by atoms with E-state index < -0.39 is 11.8 Å². The molecule has 0 spiro atoms. The van der Waals surface area contributed by atoms with Gasteiger partial charge in [-0.3, -0.25) is 9.59 Å². The maximum absolute atomic E-state index is 11.7. The maximum atomic E-state index is 11.7. The topological polar surface area (TPSA) is 79.8 Å². The lowest BCUT2D eigenvalue weighted by atomic mass is 10.2. The number of benzene rings is 2. The highest BCUT2D eigenvalue weighted by Crippen LogP contribution is 2.11. The van der Waals surface area contributed by atoms with Crippen molar-refractivity contribution in [3.8, 4) is 5.75 Å². The van der Waals surface area contributed by atoms with Crippen molar-refractivity contribution >= 4 is 23.7 Å². The minimum Gasteiger partial charge on any atom is -0.497 e. The highest BCUT2D eigenvalue weighted by molar-refractivity contribution is 6.39. The number of hydrogen-bond donors (Lipinski definition) is 2. The van der Waals surface area contributed by atoms with E-state index in [1.165, 1.54) is 6.21 Å². The van der Waals surface area contributed by atoms with Crippen molar-refractivity contribution < 1.29 is 14.3 Å². The second-order valence-electron chi connectivity index (χ2n) is 4.80. The van der Waals surface area contributed by atoms with Crippen molar-refractivity contribution in [2.24, 2.45) is 5.10 Å². The molecule has 0 unspecified atom stereocenters. The Morgan fingerprint density at radius 2 is 1.87 bits per heavy atom. The fourth-order valence-electron chi connectivity index (χ4n) is 1.85. The molecule has 0 bridgehead atoms. The first-order valence-corrected chi connectivity index (χ1v) is 6.93. The van der Waals surface area contributed by atoms with Crippen molar-refractivity contribution in [1.82, 2.24) is 5.43 Å². The van der Waals surface area contributed by atoms with E-state index in [1.54, 1.807) is 49.6 Å². The highest BCUT2D eigenvalue weighted by atomic mass is 16.5. The third kappa shape index (κ3) is 4.96. The molecule has 0 aliphatic heterocycles. The predicted octanol–water partition coefficient (Wildman–Crippen LogP) is 2.09. The Bertz CT molecular complexity index is 741. The second-order valence-corrected chi connectivity index (χ2v) is 4.80. The fraction of sp³-hybridized carbons (Fsp3) is 0.118. The van der Waals surface area contributed by atoms with E-state index in [4.69, 9.17) is 4.74 Å². The first-order chi connectivity index (χ1) is 11.1. The first-order valence-electron chi connectivity index (χ1n) is 6.93. The average molecular weight is 311 g/mol. The number of nitrogens with zero attached hydrogens (tertiary/aromatic N) is 1. The van der Waals surface area contributed by atoms with Crippen LogP contribution < -0.4 is 15.5 Å². The van der Waals surface area contributed by atoms with Crippen molar-refractivity contribution in [3.05, 3.63) is 59.7 Å². The maximum Gasteiger partial charge on any atom is 0.329 e. The van der Waals surface area contributed by atoms with Crippen LogP contribution in [0.25, 0.3) is 0 Å². The summed E-state index contributed by atoms with van der Waals surface area (Å²) in [6, 6.07) is 14.3. The van der Waals surface area contributed by atoms with E-state index in [9.17, 15) is 9.59 Å². The van der Waals surface area contributed by atoms with Crippen LogP contribution in [0.5, 0.6) is 5.75 Å². The Morgan fingerprint density at radius 1 is 1.09 bits per heavy atom. The number of anilines is 1. The van der Waals surface area contributed by atoms with Gasteiger partial charge in [0.05, 0.1) is 13.3 Å². The van der Waals surface area contributed by atoms with Crippen molar-refractivity contribution in [2.45, 2.75) is 6.92 Å². The molecular weight excluding hydrogens is 294 g/mol. The van der Waals surface area contributed by atoms with E-state index in [2.05, 4.69) is 15.8 Å². The summed E-state index contributed by atoms with van der Waals surface area (Å²) in [6.45, 7) is 1.90. The number of hydrazone groups is 1. The molecule has 2 aromatic carbocycles. The zero-order chi connectivity index (χ0) is 16.7. The number of carbonyl (C=O) groups is 2. The minimum absolute atomic E-state index is 0.557. The summed E-state index contributed by atoms with van der Waals surface area (Å²) in [5, 5.41) is 6.26. The van der Waals surface area contributed by atoms with Gasteiger partial charge in [0.25, 0.3) is 0 Å². The Labute approximate surface area is 134 Å². The van der Waals surface area contributed by atoms with Crippen LogP contribution >= 0.6 is 0 Å². The lowest BCUT2D eigenvalue weighted by Gasteiger charge is -2.04. The molecule has 0 radical (unpaired) electrons. The number of rotatable bonds is 4. The summed E-state index contributed by atoms with van der Waals surface area (Å²) < 4.78 is 5.08. The largest absolute Gasteiger partial charge is 0.497 e. The van der Waals surface area contributed by atoms with Crippen LogP contribution in [0.4, 0.5) is 5.69 Å². The summed E-state index contributed by atoms with van der Waals surface area (Å²) in [6.07, 6.45) is 1.43. The van der Waals surface area contributed by atoms with Crippen molar-refractivity contribution in [1.29, 1.82) is 0 Å². The molecule has 0 aliphatic rings. The molecule has 6 nitrogen and oxygen atoms in total. The summed E-state index contributed by atoms with van der Waals surface area (Å²) in [5.41, 5.74) is 4.46. The van der Waals surface area contributed by atoms with Gasteiger partial charge in [0.2, 0.25) is 0 Å². The lowest BCUT2D eigenvalue weighted by Crippen LogP contribution is -2.32. The van der Waals surface area contributed by atoms with Crippen LogP contribution in [0, 0.1) is 6.92 Å². The number of methoxy groups -OCH3 is 1. The van der Waals surface area contributed by atoms with Gasteiger partial charge in [-0.25, -0.2) is 5.43 Å². The van der Waals surface area contributed by atoms with Gasteiger partial charge >= 0.3 is 11.8 Å². The van der Waals surface area contributed by atoms with Crippen LogP contribution in [-0.4, -0.2) is 25.1 Å². The van der Waals surface area contributed by atoms with Crippen molar-refractivity contribution in [3.63, 3.8) is 0 Å². The van der Waals surface area contributed by atoms with Crippen LogP contribution in [0.1, 0.15) is 11.1 Å². The molecule has 0 aromatic heterocycles. The SMILES string of the molecule is COc1cccc(C=NNC(=O)C(=O)Nc2cccc(C)c2)c1. The van der Waals surface area contributed by atoms with Crippen molar-refractivity contribution in [2.75, 3.05) is 12.4 Å². The molecule has 2 amide bonds. The average Bonchev–Trinajstić information content (AvgIpc) is 2.55. The van der Waals surface area contributed by atoms with Crippen LogP contribution in [0.2, 0.25) is 0 Å². The number of aryl methyl sites for hydroxylation is 1. The molecule has 0 atom stereocenters. The third-order valence-corrected chi connectivity index (χ3v) is 2.96. The predicted molar refractivity (Wildman–Crippen MR) is 88.5 cm³/mol. The third-order valence-electron chi connectivity index (χ3n) is 2.96. The Morgan fingerprint density at radius 3 is 2.61 bits per heavy atom. The number of amides is 2. The number of carbonyl (C=O) groups excluding carboxylic acids is 2. The van der Waals surface area contributed by atoms with Gasteiger partial charge in [0.1, 0.15) is 5.75 Å². The molecule has 2 aromatic rings. The summed E-state index contributed by atoms with van der Waals surface area (Å²) >= 11 is 0. The first kappa shape index (κ1) is 16.2. The zero-order valence-electron chi connectivity index (χ0n) is 12.9. The fourth-order valence-corrected chi connectivity index (χ4v) is 1.85. The van der Waals surface area contributed by atoms with Gasteiger partial charge < -0.3 is 10.1 Å². The van der Waals surface area contributed by atoms with Gasteiger partial charge in [-0.1, -0.05) is 24.3 Å². The highest BCUT2D eigenvalue weighted by Gasteiger charge is 2.12.